The van der Waals surface area contributed by atoms with Crippen LogP contribution in [-0.4, -0.2) is 42.5 Å². The fourth-order valence-corrected chi connectivity index (χ4v) is 8.80. The van der Waals surface area contributed by atoms with Crippen molar-refractivity contribution >= 4 is 23.3 Å². The van der Waals surface area contributed by atoms with Gasteiger partial charge in [0.15, 0.2) is 6.61 Å². The summed E-state index contributed by atoms with van der Waals surface area (Å²) in [5.74, 6) is 2.30. The van der Waals surface area contributed by atoms with Crippen LogP contribution in [0.25, 0.3) is 0 Å². The number of carbonyl (C=O) groups excluding carboxylic acids is 3. The predicted octanol–water partition coefficient (Wildman–Crippen LogP) is 4.31. The van der Waals surface area contributed by atoms with Crippen LogP contribution < -0.4 is 10.6 Å². The molecule has 4 fully saturated rings. The molecule has 5 aliphatic rings. The average Bonchev–Trinajstić information content (AvgIpc) is 3.08. The average molecular weight is 498 g/mol. The van der Waals surface area contributed by atoms with Gasteiger partial charge < -0.3 is 15.5 Å². The number of fused-ring (bicyclic) bond motifs is 5. The zero-order chi connectivity index (χ0) is 25.5. The van der Waals surface area contributed by atoms with Gasteiger partial charge in [-0.2, -0.15) is 0 Å². The number of nitrogens with one attached hydrogen (secondary N) is 2. The van der Waals surface area contributed by atoms with Crippen LogP contribution in [0, 0.1) is 34.5 Å². The molecular formula is C29H43N3O4. The first-order chi connectivity index (χ1) is 17.2. The second-order valence-electron chi connectivity index (χ2n) is 12.6. The van der Waals surface area contributed by atoms with E-state index >= 15 is 0 Å². The van der Waals surface area contributed by atoms with E-state index in [1.807, 2.05) is 0 Å². The Hall–Kier alpha value is -2.18. The van der Waals surface area contributed by atoms with Crippen molar-refractivity contribution in [1.29, 1.82) is 0 Å². The van der Waals surface area contributed by atoms with Crippen molar-refractivity contribution in [3.05, 3.63) is 11.6 Å². The van der Waals surface area contributed by atoms with E-state index < -0.39 is 6.04 Å². The van der Waals surface area contributed by atoms with E-state index in [-0.39, 0.29) is 35.2 Å². The molecule has 0 bridgehead atoms. The Labute approximate surface area is 215 Å². The fraction of sp³-hybridized carbons (Fsp3) is 0.793. The molecule has 0 spiro atoms. The first-order valence-electron chi connectivity index (χ1n) is 14.2. The maximum atomic E-state index is 12.4. The number of amides is 2. The maximum Gasteiger partial charge on any atom is 0.261 e. The number of oxime groups is 1. The standard InChI is InChI=1S/C29H43N3O4/c1-18(33)22-9-10-23-21-8-7-19-16-20(11-13-28(19,2)24(21)12-14-29(22,23)3)32-36-17-26(34)31-25-6-4-5-15-30-27(25)35/h16,21-25H,4-15,17H2,1-3H3,(H,30,35)(H,31,34)/b32-20+/t21-,22+,23-,24-,25-,28+,29-/m1/s1. The van der Waals surface area contributed by atoms with Gasteiger partial charge in [-0.25, -0.2) is 0 Å². The van der Waals surface area contributed by atoms with Crippen molar-refractivity contribution < 1.29 is 19.2 Å². The molecular weight excluding hydrogens is 454 g/mol. The highest BCUT2D eigenvalue weighted by molar-refractivity contribution is 5.96. The molecule has 7 heteroatoms. The van der Waals surface area contributed by atoms with E-state index in [2.05, 4.69) is 35.7 Å². The quantitative estimate of drug-likeness (QED) is 0.553. The van der Waals surface area contributed by atoms with Gasteiger partial charge in [0.05, 0.1) is 5.71 Å². The summed E-state index contributed by atoms with van der Waals surface area (Å²) >= 11 is 0. The second-order valence-corrected chi connectivity index (χ2v) is 12.6. The fourth-order valence-electron chi connectivity index (χ4n) is 8.80. The van der Waals surface area contributed by atoms with Crippen molar-refractivity contribution in [3.8, 4) is 0 Å². The molecule has 7 nitrogen and oxygen atoms in total. The molecule has 0 aromatic carbocycles. The largest absolute Gasteiger partial charge is 0.385 e. The summed E-state index contributed by atoms with van der Waals surface area (Å²) in [5, 5.41) is 9.93. The minimum atomic E-state index is -0.480. The number of hydrogen-bond donors (Lipinski definition) is 2. The monoisotopic (exact) mass is 497 g/mol. The van der Waals surface area contributed by atoms with Crippen LogP contribution in [0.2, 0.25) is 0 Å². The number of ketones is 1. The highest BCUT2D eigenvalue weighted by Crippen LogP contribution is 2.66. The number of hydrogen-bond acceptors (Lipinski definition) is 5. The van der Waals surface area contributed by atoms with Crippen molar-refractivity contribution in [1.82, 2.24) is 10.6 Å². The Balaban J connectivity index is 1.20. The van der Waals surface area contributed by atoms with Gasteiger partial charge in [0, 0.05) is 12.5 Å². The molecule has 2 N–H and O–H groups in total. The molecule has 0 unspecified atom stereocenters. The van der Waals surface area contributed by atoms with Gasteiger partial charge in [0.25, 0.3) is 5.91 Å². The van der Waals surface area contributed by atoms with Crippen LogP contribution in [0.3, 0.4) is 0 Å². The third kappa shape index (κ3) is 4.51. The summed E-state index contributed by atoms with van der Waals surface area (Å²) in [4.78, 5) is 42.2. The van der Waals surface area contributed by atoms with Crippen LogP contribution in [-0.2, 0) is 19.2 Å². The first-order valence-corrected chi connectivity index (χ1v) is 14.2. The maximum absolute atomic E-state index is 12.4. The Morgan fingerprint density at radius 2 is 1.92 bits per heavy atom. The molecule has 2 amide bonds. The zero-order valence-electron chi connectivity index (χ0n) is 22.2. The zero-order valence-corrected chi connectivity index (χ0v) is 22.2. The third-order valence-electron chi connectivity index (χ3n) is 10.7. The molecule has 198 valence electrons. The van der Waals surface area contributed by atoms with Gasteiger partial charge in [0.2, 0.25) is 5.91 Å². The summed E-state index contributed by atoms with van der Waals surface area (Å²) in [6, 6.07) is -0.480. The van der Waals surface area contributed by atoms with Crippen LogP contribution in [0.4, 0.5) is 0 Å². The van der Waals surface area contributed by atoms with Gasteiger partial charge in [-0.1, -0.05) is 24.6 Å². The lowest BCUT2D eigenvalue weighted by atomic mass is 9.46. The van der Waals surface area contributed by atoms with Crippen molar-refractivity contribution in [2.75, 3.05) is 13.2 Å². The number of rotatable bonds is 5. The number of nitrogens with zero attached hydrogens (tertiary/aromatic N) is 1. The van der Waals surface area contributed by atoms with Gasteiger partial charge >= 0.3 is 0 Å². The van der Waals surface area contributed by atoms with E-state index in [0.29, 0.717) is 30.6 Å². The van der Waals surface area contributed by atoms with Gasteiger partial charge in [-0.05, 0) is 112 Å². The molecule has 7 atom stereocenters. The lowest BCUT2D eigenvalue weighted by molar-refractivity contribution is -0.131. The first kappa shape index (κ1) is 25.5. The Kier molecular flexibility index (Phi) is 7.03. The summed E-state index contributed by atoms with van der Waals surface area (Å²) in [6.45, 7) is 7.16. The van der Waals surface area contributed by atoms with Crippen molar-refractivity contribution in [2.45, 2.75) is 97.4 Å². The molecule has 36 heavy (non-hydrogen) atoms. The van der Waals surface area contributed by atoms with Crippen LogP contribution >= 0.6 is 0 Å². The number of allylic oxidation sites excluding steroid dienone is 2. The van der Waals surface area contributed by atoms with Gasteiger partial charge in [-0.15, -0.1) is 0 Å². The molecule has 1 saturated heterocycles. The minimum absolute atomic E-state index is 0.114. The molecule has 1 aliphatic heterocycles. The van der Waals surface area contributed by atoms with Crippen molar-refractivity contribution in [3.63, 3.8) is 0 Å². The highest BCUT2D eigenvalue weighted by Gasteiger charge is 2.59. The molecule has 4 aliphatic carbocycles. The summed E-state index contributed by atoms with van der Waals surface area (Å²) < 4.78 is 0. The molecule has 5 rings (SSSR count). The Morgan fingerprint density at radius 3 is 2.72 bits per heavy atom. The lowest BCUT2D eigenvalue weighted by Crippen LogP contribution is -2.51. The van der Waals surface area contributed by atoms with Crippen molar-refractivity contribution in [2.24, 2.45) is 39.7 Å². The lowest BCUT2D eigenvalue weighted by Gasteiger charge is -2.58. The SMILES string of the molecule is CC(=O)[C@@H]1CC[C@@H]2[C@H]3CCC4=C/C(=N/OCC(=O)N[C@@H]5CCCCNC5=O)CC[C@]4(C)[C@@H]3CC[C@@]21C. The molecule has 0 aromatic heterocycles. The van der Waals surface area contributed by atoms with E-state index in [9.17, 15) is 14.4 Å². The smallest absolute Gasteiger partial charge is 0.261 e. The molecule has 1 heterocycles. The normalized spacial score (nSPS) is 41.2. The predicted molar refractivity (Wildman–Crippen MR) is 138 cm³/mol. The number of Topliss-reactive ketones (excluding diaryl/α,β-unsaturated/α-hetero) is 1. The van der Waals surface area contributed by atoms with Crippen LogP contribution in [0.5, 0.6) is 0 Å². The second kappa shape index (κ2) is 9.94. The Morgan fingerprint density at radius 1 is 1.08 bits per heavy atom. The number of carbonyl (C=O) groups is 3. The summed E-state index contributed by atoms with van der Waals surface area (Å²) in [6.07, 6.45) is 13.6. The minimum Gasteiger partial charge on any atom is -0.385 e. The molecule has 3 saturated carbocycles. The topological polar surface area (TPSA) is 96.9 Å². The van der Waals surface area contributed by atoms with E-state index in [1.165, 1.54) is 31.3 Å². The summed E-state index contributed by atoms with van der Waals surface area (Å²) in [5.41, 5.74) is 2.79. The van der Waals surface area contributed by atoms with Gasteiger partial charge in [0.1, 0.15) is 11.8 Å². The van der Waals surface area contributed by atoms with E-state index in [4.69, 9.17) is 4.84 Å². The molecule has 0 aromatic rings. The van der Waals surface area contributed by atoms with Gasteiger partial charge in [-0.3, -0.25) is 14.4 Å². The Bertz CT molecular complexity index is 974. The van der Waals surface area contributed by atoms with E-state index in [1.54, 1.807) is 6.92 Å². The third-order valence-corrected chi connectivity index (χ3v) is 10.7. The van der Waals surface area contributed by atoms with Crippen LogP contribution in [0.1, 0.15) is 91.4 Å². The van der Waals surface area contributed by atoms with E-state index in [0.717, 1.165) is 50.2 Å². The highest BCUT2D eigenvalue weighted by atomic mass is 16.6. The summed E-state index contributed by atoms with van der Waals surface area (Å²) in [7, 11) is 0. The van der Waals surface area contributed by atoms with Crippen LogP contribution in [0.15, 0.2) is 16.8 Å². The molecule has 0 radical (unpaired) electrons.